The van der Waals surface area contributed by atoms with E-state index in [-0.39, 0.29) is 5.56 Å². The summed E-state index contributed by atoms with van der Waals surface area (Å²) in [6, 6.07) is 15.7. The average molecular weight is 512 g/mol. The van der Waals surface area contributed by atoms with Crippen LogP contribution in [0.1, 0.15) is 27.8 Å². The molecule has 5 atom stereocenters. The van der Waals surface area contributed by atoms with Gasteiger partial charge in [0.2, 0.25) is 11.7 Å². The van der Waals surface area contributed by atoms with Crippen molar-refractivity contribution in [2.45, 2.75) is 36.6 Å². The van der Waals surface area contributed by atoms with Gasteiger partial charge in [0, 0.05) is 34.0 Å². The number of hydrogen-bond donors (Lipinski definition) is 5. The molecule has 1 aromatic heterocycles. The van der Waals surface area contributed by atoms with Gasteiger partial charge in [-0.3, -0.25) is 0 Å². The van der Waals surface area contributed by atoms with Crippen LogP contribution in [-0.2, 0) is 16.9 Å². The molecule has 4 rings (SSSR count). The lowest BCUT2D eigenvalue weighted by Crippen LogP contribution is -2.63. The SMILES string of the molecule is COc1ccc(C#Cc2ccc(Cc3cc([C@]4(O)O[C@H](CO)[C@@H](O)[C@H](O)[C@H]4O)ccc3Cl)cc2)cn1. The average Bonchev–Trinajstić information content (AvgIpc) is 2.90. The molecule has 9 heteroatoms. The number of pyridine rings is 1. The molecule has 8 nitrogen and oxygen atoms in total. The molecule has 0 amide bonds. The van der Waals surface area contributed by atoms with E-state index >= 15 is 0 Å². The summed E-state index contributed by atoms with van der Waals surface area (Å²) in [5, 5.41) is 51.6. The minimum Gasteiger partial charge on any atom is -0.481 e. The number of hydrogen-bond acceptors (Lipinski definition) is 8. The van der Waals surface area contributed by atoms with Crippen molar-refractivity contribution in [3.63, 3.8) is 0 Å². The third-order valence-corrected chi connectivity index (χ3v) is 6.44. The van der Waals surface area contributed by atoms with E-state index in [1.54, 1.807) is 31.5 Å². The number of aromatic nitrogens is 1. The zero-order valence-corrected chi connectivity index (χ0v) is 20.1. The lowest BCUT2D eigenvalue weighted by atomic mass is 9.87. The molecule has 5 N–H and O–H groups in total. The Kier molecular flexibility index (Phi) is 7.93. The number of nitrogens with zero attached hydrogens (tertiary/aromatic N) is 1. The molecule has 3 aromatic rings. The Morgan fingerprint density at radius 2 is 1.69 bits per heavy atom. The molecule has 0 saturated carbocycles. The molecule has 1 aliphatic heterocycles. The zero-order valence-electron chi connectivity index (χ0n) is 19.4. The van der Waals surface area contributed by atoms with Crippen LogP contribution in [0.5, 0.6) is 5.88 Å². The molecule has 1 aliphatic rings. The summed E-state index contributed by atoms with van der Waals surface area (Å²) in [5.41, 5.74) is 3.27. The van der Waals surface area contributed by atoms with Crippen LogP contribution in [0.4, 0.5) is 0 Å². The predicted molar refractivity (Wildman–Crippen MR) is 131 cm³/mol. The largest absolute Gasteiger partial charge is 0.481 e. The maximum absolute atomic E-state index is 11.1. The Morgan fingerprint density at radius 1 is 1.00 bits per heavy atom. The van der Waals surface area contributed by atoms with Gasteiger partial charge in [-0.2, -0.15) is 0 Å². The van der Waals surface area contributed by atoms with E-state index in [4.69, 9.17) is 21.1 Å². The van der Waals surface area contributed by atoms with Crippen LogP contribution in [0.2, 0.25) is 5.02 Å². The number of methoxy groups -OCH3 is 1. The van der Waals surface area contributed by atoms with Crippen molar-refractivity contribution in [2.24, 2.45) is 0 Å². The number of benzene rings is 2. The van der Waals surface area contributed by atoms with Crippen molar-refractivity contribution in [3.05, 3.63) is 93.6 Å². The number of aliphatic hydroxyl groups is 5. The van der Waals surface area contributed by atoms with E-state index < -0.39 is 36.8 Å². The summed E-state index contributed by atoms with van der Waals surface area (Å²) in [7, 11) is 1.55. The van der Waals surface area contributed by atoms with Gasteiger partial charge in [-0.1, -0.05) is 41.6 Å². The van der Waals surface area contributed by atoms with Crippen molar-refractivity contribution in [1.82, 2.24) is 4.98 Å². The molecule has 0 aliphatic carbocycles. The fraction of sp³-hybridized carbons (Fsp3) is 0.296. The quantitative estimate of drug-likeness (QED) is 0.324. The first-order valence-corrected chi connectivity index (χ1v) is 11.6. The monoisotopic (exact) mass is 511 g/mol. The summed E-state index contributed by atoms with van der Waals surface area (Å²) < 4.78 is 10.5. The second kappa shape index (κ2) is 10.9. The Bertz CT molecular complexity index is 1250. The second-order valence-electron chi connectivity index (χ2n) is 8.48. The van der Waals surface area contributed by atoms with Crippen LogP contribution in [0.15, 0.2) is 60.8 Å². The van der Waals surface area contributed by atoms with Gasteiger partial charge in [-0.15, -0.1) is 0 Å². The molecule has 0 unspecified atom stereocenters. The van der Waals surface area contributed by atoms with Gasteiger partial charge in [-0.05, 0) is 47.9 Å². The third kappa shape index (κ3) is 5.38. The lowest BCUT2D eigenvalue weighted by molar-refractivity contribution is -0.357. The highest BCUT2D eigenvalue weighted by Crippen LogP contribution is 2.37. The summed E-state index contributed by atoms with van der Waals surface area (Å²) in [4.78, 5) is 4.13. The Balaban J connectivity index is 1.53. The topological polar surface area (TPSA) is 132 Å². The molecule has 1 saturated heterocycles. The Labute approximate surface area is 213 Å². The lowest BCUT2D eigenvalue weighted by Gasteiger charge is -2.45. The first-order chi connectivity index (χ1) is 17.2. The molecule has 2 heterocycles. The van der Waals surface area contributed by atoms with Crippen LogP contribution in [0, 0.1) is 11.8 Å². The van der Waals surface area contributed by atoms with Crippen molar-refractivity contribution in [3.8, 4) is 17.7 Å². The van der Waals surface area contributed by atoms with Crippen molar-refractivity contribution in [1.29, 1.82) is 0 Å². The van der Waals surface area contributed by atoms with Crippen LogP contribution >= 0.6 is 11.6 Å². The first-order valence-electron chi connectivity index (χ1n) is 11.2. The smallest absolute Gasteiger partial charge is 0.222 e. The predicted octanol–water partition coefficient (Wildman–Crippen LogP) is 1.35. The Hall–Kier alpha value is -3.00. The van der Waals surface area contributed by atoms with Gasteiger partial charge in [0.05, 0.1) is 13.7 Å². The van der Waals surface area contributed by atoms with Gasteiger partial charge in [0.1, 0.15) is 24.4 Å². The third-order valence-electron chi connectivity index (χ3n) is 6.07. The molecule has 2 aromatic carbocycles. The summed E-state index contributed by atoms with van der Waals surface area (Å²) in [6.07, 6.45) is -4.36. The molecule has 0 radical (unpaired) electrons. The molecule has 188 valence electrons. The van der Waals surface area contributed by atoms with E-state index in [2.05, 4.69) is 16.8 Å². The van der Waals surface area contributed by atoms with Crippen molar-refractivity contribution < 1.29 is 35.0 Å². The molecule has 1 fully saturated rings. The number of ether oxygens (including phenoxy) is 2. The fourth-order valence-corrected chi connectivity index (χ4v) is 4.15. The zero-order chi connectivity index (χ0) is 25.9. The van der Waals surface area contributed by atoms with Crippen LogP contribution in [0.25, 0.3) is 0 Å². The summed E-state index contributed by atoms with van der Waals surface area (Å²) in [6.45, 7) is -0.655. The number of rotatable bonds is 5. The maximum Gasteiger partial charge on any atom is 0.222 e. The highest BCUT2D eigenvalue weighted by atomic mass is 35.5. The summed E-state index contributed by atoms with van der Waals surface area (Å²) in [5.74, 6) is 4.30. The van der Waals surface area contributed by atoms with Crippen molar-refractivity contribution >= 4 is 11.6 Å². The van der Waals surface area contributed by atoms with E-state index in [0.717, 1.165) is 16.7 Å². The molecule has 36 heavy (non-hydrogen) atoms. The van der Waals surface area contributed by atoms with Gasteiger partial charge in [0.15, 0.2) is 0 Å². The second-order valence-corrected chi connectivity index (χ2v) is 8.89. The molecular formula is C27H26ClNO7. The van der Waals surface area contributed by atoms with Gasteiger partial charge >= 0.3 is 0 Å². The highest BCUT2D eigenvalue weighted by molar-refractivity contribution is 6.31. The molecular weight excluding hydrogens is 486 g/mol. The highest BCUT2D eigenvalue weighted by Gasteiger charge is 2.53. The van der Waals surface area contributed by atoms with Gasteiger partial charge in [0.25, 0.3) is 0 Å². The van der Waals surface area contributed by atoms with E-state index in [0.29, 0.717) is 22.9 Å². The minimum atomic E-state index is -2.35. The van der Waals surface area contributed by atoms with Gasteiger partial charge in [-0.25, -0.2) is 4.98 Å². The first kappa shape index (κ1) is 26.1. The van der Waals surface area contributed by atoms with Gasteiger partial charge < -0.3 is 35.0 Å². The van der Waals surface area contributed by atoms with E-state index in [9.17, 15) is 25.5 Å². The minimum absolute atomic E-state index is 0.134. The molecule has 0 spiro atoms. The summed E-state index contributed by atoms with van der Waals surface area (Å²) >= 11 is 6.39. The normalized spacial score (nSPS) is 25.6. The van der Waals surface area contributed by atoms with E-state index in [1.165, 1.54) is 6.07 Å². The fourth-order valence-electron chi connectivity index (χ4n) is 3.97. The number of aliphatic hydroxyl groups excluding tert-OH is 4. The number of halogens is 1. The van der Waals surface area contributed by atoms with Crippen LogP contribution in [-0.4, -0.2) is 68.6 Å². The van der Waals surface area contributed by atoms with Crippen molar-refractivity contribution in [2.75, 3.05) is 13.7 Å². The standard InChI is InChI=1S/C27H26ClNO7/c1-35-23-11-8-18(14-29-23)7-4-16-2-5-17(6-3-16)12-19-13-20(9-10-21(19)28)27(34)26(33)25(32)24(31)22(15-30)36-27/h2-3,5-6,8-11,13-14,22,24-26,30-34H,12,15H2,1H3/t22-,24-,25+,26-,27+/m1/s1. The maximum atomic E-state index is 11.1. The molecule has 0 bridgehead atoms. The van der Waals surface area contributed by atoms with Crippen LogP contribution in [0.3, 0.4) is 0 Å². The Morgan fingerprint density at radius 3 is 2.33 bits per heavy atom. The van der Waals surface area contributed by atoms with Crippen LogP contribution < -0.4 is 4.74 Å². The van der Waals surface area contributed by atoms with E-state index in [1.807, 2.05) is 30.3 Å².